The monoisotopic (exact) mass is 302 g/mol. The average Bonchev–Trinajstić information content (AvgIpc) is 3.18. The zero-order chi connectivity index (χ0) is 15.4. The first kappa shape index (κ1) is 14.8. The van der Waals surface area contributed by atoms with Crippen LogP contribution in [0.5, 0.6) is 5.88 Å². The Morgan fingerprint density at radius 2 is 2.14 bits per heavy atom. The average molecular weight is 302 g/mol. The SMILES string of the molecule is CC(C)c1noc(NCc2ccc(OC3CCCC3)nc2)n1. The van der Waals surface area contributed by atoms with Crippen molar-refractivity contribution in [1.82, 2.24) is 15.1 Å². The summed E-state index contributed by atoms with van der Waals surface area (Å²) in [6, 6.07) is 4.36. The fourth-order valence-corrected chi connectivity index (χ4v) is 2.48. The molecule has 2 heterocycles. The molecule has 0 amide bonds. The van der Waals surface area contributed by atoms with Crippen LogP contribution < -0.4 is 10.1 Å². The van der Waals surface area contributed by atoms with E-state index in [2.05, 4.69) is 20.4 Å². The molecule has 6 heteroatoms. The van der Waals surface area contributed by atoms with Crippen molar-refractivity contribution in [2.75, 3.05) is 5.32 Å². The second kappa shape index (κ2) is 6.77. The fourth-order valence-electron chi connectivity index (χ4n) is 2.48. The Morgan fingerprint density at radius 1 is 1.32 bits per heavy atom. The molecule has 0 atom stereocenters. The Labute approximate surface area is 130 Å². The van der Waals surface area contributed by atoms with Gasteiger partial charge in [0.05, 0.1) is 0 Å². The largest absolute Gasteiger partial charge is 0.474 e. The Balaban J connectivity index is 1.51. The first-order valence-corrected chi connectivity index (χ1v) is 7.90. The predicted molar refractivity (Wildman–Crippen MR) is 82.8 cm³/mol. The maximum absolute atomic E-state index is 5.85. The number of hydrogen-bond acceptors (Lipinski definition) is 6. The maximum atomic E-state index is 5.85. The smallest absolute Gasteiger partial charge is 0.321 e. The van der Waals surface area contributed by atoms with Gasteiger partial charge in [-0.15, -0.1) is 0 Å². The summed E-state index contributed by atoms with van der Waals surface area (Å²) in [5.41, 5.74) is 1.04. The summed E-state index contributed by atoms with van der Waals surface area (Å²) >= 11 is 0. The predicted octanol–water partition coefficient (Wildman–Crippen LogP) is 3.52. The van der Waals surface area contributed by atoms with Crippen LogP contribution >= 0.6 is 0 Å². The van der Waals surface area contributed by atoms with E-state index in [-0.39, 0.29) is 5.92 Å². The van der Waals surface area contributed by atoms with Crippen molar-refractivity contribution in [2.24, 2.45) is 0 Å². The number of ether oxygens (including phenoxy) is 1. The van der Waals surface area contributed by atoms with Crippen LogP contribution in [0, 0.1) is 0 Å². The van der Waals surface area contributed by atoms with E-state index in [9.17, 15) is 0 Å². The van der Waals surface area contributed by atoms with Crippen molar-refractivity contribution < 1.29 is 9.26 Å². The van der Waals surface area contributed by atoms with Crippen LogP contribution in [-0.2, 0) is 6.54 Å². The molecule has 0 bridgehead atoms. The number of nitrogens with one attached hydrogen (secondary N) is 1. The summed E-state index contributed by atoms with van der Waals surface area (Å²) in [5.74, 6) is 1.67. The molecule has 2 aromatic heterocycles. The molecular weight excluding hydrogens is 280 g/mol. The van der Waals surface area contributed by atoms with Gasteiger partial charge in [-0.05, 0) is 31.2 Å². The van der Waals surface area contributed by atoms with E-state index in [1.165, 1.54) is 12.8 Å². The van der Waals surface area contributed by atoms with Crippen LogP contribution in [0.25, 0.3) is 0 Å². The molecule has 2 aromatic rings. The van der Waals surface area contributed by atoms with E-state index in [0.29, 0.717) is 30.4 Å². The van der Waals surface area contributed by atoms with Crippen LogP contribution in [0.15, 0.2) is 22.9 Å². The molecular formula is C16H22N4O2. The molecule has 0 aromatic carbocycles. The third kappa shape index (κ3) is 3.75. The molecule has 118 valence electrons. The van der Waals surface area contributed by atoms with Crippen molar-refractivity contribution in [2.45, 2.75) is 58.1 Å². The van der Waals surface area contributed by atoms with Gasteiger partial charge in [-0.2, -0.15) is 4.98 Å². The molecule has 0 aliphatic heterocycles. The molecule has 22 heavy (non-hydrogen) atoms. The minimum atomic E-state index is 0.257. The van der Waals surface area contributed by atoms with Gasteiger partial charge < -0.3 is 14.6 Å². The second-order valence-electron chi connectivity index (χ2n) is 5.99. The number of pyridine rings is 1. The number of aromatic nitrogens is 3. The Hall–Kier alpha value is -2.11. The molecule has 0 spiro atoms. The molecule has 0 radical (unpaired) electrons. The standard InChI is InChI=1S/C16H22N4O2/c1-11(2)15-19-16(22-20-15)18-10-12-7-8-14(17-9-12)21-13-5-3-4-6-13/h7-9,11,13H,3-6,10H2,1-2H3,(H,18,19,20). The van der Waals surface area contributed by atoms with Crippen LogP contribution in [0.4, 0.5) is 6.01 Å². The highest BCUT2D eigenvalue weighted by atomic mass is 16.5. The van der Waals surface area contributed by atoms with Crippen LogP contribution in [-0.4, -0.2) is 21.2 Å². The fraction of sp³-hybridized carbons (Fsp3) is 0.562. The molecule has 1 fully saturated rings. The first-order valence-electron chi connectivity index (χ1n) is 7.90. The number of rotatable bonds is 6. The maximum Gasteiger partial charge on any atom is 0.321 e. The van der Waals surface area contributed by atoms with Gasteiger partial charge in [-0.1, -0.05) is 25.1 Å². The van der Waals surface area contributed by atoms with Gasteiger partial charge in [-0.3, -0.25) is 0 Å². The Morgan fingerprint density at radius 3 is 2.77 bits per heavy atom. The van der Waals surface area contributed by atoms with Crippen molar-refractivity contribution in [3.8, 4) is 5.88 Å². The van der Waals surface area contributed by atoms with Gasteiger partial charge in [0, 0.05) is 24.7 Å². The molecule has 6 nitrogen and oxygen atoms in total. The first-order chi connectivity index (χ1) is 10.7. The molecule has 1 aliphatic carbocycles. The summed E-state index contributed by atoms with van der Waals surface area (Å²) < 4.78 is 11.0. The highest BCUT2D eigenvalue weighted by molar-refractivity contribution is 5.25. The molecule has 1 N–H and O–H groups in total. The van der Waals surface area contributed by atoms with E-state index >= 15 is 0 Å². The van der Waals surface area contributed by atoms with Gasteiger partial charge in [0.15, 0.2) is 5.82 Å². The van der Waals surface area contributed by atoms with E-state index in [0.717, 1.165) is 18.4 Å². The second-order valence-corrected chi connectivity index (χ2v) is 5.99. The van der Waals surface area contributed by atoms with E-state index in [1.807, 2.05) is 32.2 Å². The molecule has 0 unspecified atom stereocenters. The molecule has 3 rings (SSSR count). The van der Waals surface area contributed by atoms with Crippen molar-refractivity contribution in [3.05, 3.63) is 29.7 Å². The normalized spacial score (nSPS) is 15.4. The lowest BCUT2D eigenvalue weighted by Crippen LogP contribution is -2.11. The van der Waals surface area contributed by atoms with Gasteiger partial charge in [0.1, 0.15) is 6.10 Å². The lowest BCUT2D eigenvalue weighted by atomic mass is 10.2. The van der Waals surface area contributed by atoms with E-state index < -0.39 is 0 Å². The zero-order valence-electron chi connectivity index (χ0n) is 13.1. The summed E-state index contributed by atoms with van der Waals surface area (Å²) in [6.45, 7) is 4.65. The molecule has 1 saturated carbocycles. The third-order valence-electron chi connectivity index (χ3n) is 3.79. The Bertz CT molecular complexity index is 588. The minimum Gasteiger partial charge on any atom is -0.474 e. The van der Waals surface area contributed by atoms with Gasteiger partial charge >= 0.3 is 6.01 Å². The highest BCUT2D eigenvalue weighted by Crippen LogP contribution is 2.23. The van der Waals surface area contributed by atoms with Crippen LogP contribution in [0.1, 0.15) is 56.8 Å². The van der Waals surface area contributed by atoms with E-state index in [1.54, 1.807) is 0 Å². The minimum absolute atomic E-state index is 0.257. The summed E-state index contributed by atoms with van der Waals surface area (Å²) in [4.78, 5) is 8.64. The number of anilines is 1. The van der Waals surface area contributed by atoms with Crippen molar-refractivity contribution in [3.63, 3.8) is 0 Å². The summed E-state index contributed by atoms with van der Waals surface area (Å²) in [7, 11) is 0. The summed E-state index contributed by atoms with van der Waals surface area (Å²) in [6.07, 6.45) is 6.95. The number of nitrogens with zero attached hydrogens (tertiary/aromatic N) is 3. The van der Waals surface area contributed by atoms with Crippen LogP contribution in [0.3, 0.4) is 0 Å². The van der Waals surface area contributed by atoms with Gasteiger partial charge in [0.25, 0.3) is 0 Å². The van der Waals surface area contributed by atoms with Crippen LogP contribution in [0.2, 0.25) is 0 Å². The molecule has 0 saturated heterocycles. The number of hydrogen-bond donors (Lipinski definition) is 1. The van der Waals surface area contributed by atoms with Gasteiger partial charge in [0.2, 0.25) is 5.88 Å². The highest BCUT2D eigenvalue weighted by Gasteiger charge is 2.16. The lowest BCUT2D eigenvalue weighted by Gasteiger charge is -2.12. The third-order valence-corrected chi connectivity index (χ3v) is 3.79. The summed E-state index contributed by atoms with van der Waals surface area (Å²) in [5, 5.41) is 7.02. The van der Waals surface area contributed by atoms with Crippen molar-refractivity contribution in [1.29, 1.82) is 0 Å². The zero-order valence-corrected chi connectivity index (χ0v) is 13.1. The van der Waals surface area contributed by atoms with Crippen molar-refractivity contribution >= 4 is 6.01 Å². The van der Waals surface area contributed by atoms with E-state index in [4.69, 9.17) is 9.26 Å². The lowest BCUT2D eigenvalue weighted by molar-refractivity contribution is 0.201. The topological polar surface area (TPSA) is 73.1 Å². The van der Waals surface area contributed by atoms with Gasteiger partial charge in [-0.25, -0.2) is 4.98 Å². The molecule has 1 aliphatic rings. The quantitative estimate of drug-likeness (QED) is 0.880. The Kier molecular flexibility index (Phi) is 4.56.